The third kappa shape index (κ3) is 8.63. The minimum Gasteiger partial charge on any atom is -0.494 e. The molecule has 0 bridgehead atoms. The predicted octanol–water partition coefficient (Wildman–Crippen LogP) is 6.86. The van der Waals surface area contributed by atoms with Crippen molar-refractivity contribution < 1.29 is 19.0 Å². The van der Waals surface area contributed by atoms with Crippen molar-refractivity contribution in [2.45, 2.75) is 26.4 Å². The zero-order valence-corrected chi connectivity index (χ0v) is 20.1. The Morgan fingerprint density at radius 1 is 0.857 bits per heavy atom. The lowest BCUT2D eigenvalue weighted by atomic mass is 10.1. The van der Waals surface area contributed by atoms with Gasteiger partial charge in [0.15, 0.2) is 0 Å². The minimum atomic E-state index is -0.396. The molecule has 0 aromatic heterocycles. The Labute approximate surface area is 207 Å². The number of ether oxygens (including phenoxy) is 3. The monoisotopic (exact) mass is 469 g/mol. The number of aliphatic imine (C=N–C) groups is 1. The molecule has 180 valence electrons. The summed E-state index contributed by atoms with van der Waals surface area (Å²) in [5, 5.41) is 0. The molecule has 0 atom stereocenters. The largest absolute Gasteiger partial charge is 0.494 e. The van der Waals surface area contributed by atoms with Crippen LogP contribution in [0.2, 0.25) is 0 Å². The van der Waals surface area contributed by atoms with Crippen LogP contribution < -0.4 is 9.47 Å². The molecule has 0 saturated heterocycles. The Hall–Kier alpha value is -4.12. The van der Waals surface area contributed by atoms with E-state index in [4.69, 9.17) is 14.2 Å². The smallest absolute Gasteiger partial charge is 0.330 e. The molecule has 0 aliphatic heterocycles. The molecule has 0 aliphatic rings. The maximum absolute atomic E-state index is 11.0. The molecule has 5 heteroatoms. The Morgan fingerprint density at radius 3 is 2.23 bits per heavy atom. The second-order valence-corrected chi connectivity index (χ2v) is 7.94. The second-order valence-electron chi connectivity index (χ2n) is 7.94. The minimum absolute atomic E-state index is 0.373. The van der Waals surface area contributed by atoms with E-state index in [1.807, 2.05) is 85.9 Å². The summed E-state index contributed by atoms with van der Waals surface area (Å²) < 4.78 is 16.6. The van der Waals surface area contributed by atoms with Crippen LogP contribution in [0.25, 0.3) is 6.08 Å². The highest BCUT2D eigenvalue weighted by atomic mass is 16.5. The molecule has 0 heterocycles. The van der Waals surface area contributed by atoms with Gasteiger partial charge in [-0.2, -0.15) is 0 Å². The van der Waals surface area contributed by atoms with Crippen LogP contribution in [0, 0.1) is 6.92 Å². The number of unbranched alkanes of at least 4 members (excludes halogenated alkanes) is 1. The van der Waals surface area contributed by atoms with Gasteiger partial charge in [-0.3, -0.25) is 4.99 Å². The van der Waals surface area contributed by atoms with Gasteiger partial charge in [0.05, 0.1) is 18.9 Å². The predicted molar refractivity (Wildman–Crippen MR) is 142 cm³/mol. The summed E-state index contributed by atoms with van der Waals surface area (Å²) in [7, 11) is 0. The molecule has 3 aromatic rings. The Bertz CT molecular complexity index is 1150. The van der Waals surface area contributed by atoms with Crippen LogP contribution in [0.15, 0.2) is 91.0 Å². The topological polar surface area (TPSA) is 57.1 Å². The van der Waals surface area contributed by atoms with E-state index < -0.39 is 5.97 Å². The van der Waals surface area contributed by atoms with Gasteiger partial charge in [0.2, 0.25) is 0 Å². The number of benzene rings is 3. The van der Waals surface area contributed by atoms with Gasteiger partial charge in [-0.1, -0.05) is 43.5 Å². The summed E-state index contributed by atoms with van der Waals surface area (Å²) in [5.74, 6) is 1.21. The SMILES string of the molecule is C=CC(=O)OCCCCOc1ccc(N=Cc2ccc(OCc3ccc(C=C)cc3)cc2)c(C)c1. The normalized spacial score (nSPS) is 10.7. The number of aryl methyl sites for hydroxylation is 1. The molecule has 0 saturated carbocycles. The molecular weight excluding hydrogens is 438 g/mol. The van der Waals surface area contributed by atoms with Crippen LogP contribution >= 0.6 is 0 Å². The van der Waals surface area contributed by atoms with E-state index in [0.29, 0.717) is 19.8 Å². The van der Waals surface area contributed by atoms with E-state index in [1.165, 1.54) is 6.08 Å². The fraction of sp³-hybridized carbons (Fsp3) is 0.200. The van der Waals surface area contributed by atoms with Crippen LogP contribution in [0.5, 0.6) is 11.5 Å². The molecule has 3 rings (SSSR count). The zero-order chi connectivity index (χ0) is 24.9. The lowest BCUT2D eigenvalue weighted by molar-refractivity contribution is -0.137. The lowest BCUT2D eigenvalue weighted by Crippen LogP contribution is -2.04. The van der Waals surface area contributed by atoms with Gasteiger partial charge in [-0.15, -0.1) is 0 Å². The number of carbonyl (C=O) groups excluding carboxylic acids is 1. The molecular formula is C30H31NO4. The van der Waals surface area contributed by atoms with Gasteiger partial charge in [-0.05, 0) is 84.5 Å². The van der Waals surface area contributed by atoms with Crippen molar-refractivity contribution in [1.29, 1.82) is 0 Å². The van der Waals surface area contributed by atoms with E-state index >= 15 is 0 Å². The average molecular weight is 470 g/mol. The molecule has 0 aliphatic carbocycles. The molecule has 0 spiro atoms. The van der Waals surface area contributed by atoms with Crippen LogP contribution in [-0.2, 0) is 16.1 Å². The molecule has 0 N–H and O–H groups in total. The van der Waals surface area contributed by atoms with E-state index in [1.54, 1.807) is 0 Å². The quantitative estimate of drug-likeness (QED) is 0.119. The second kappa shape index (κ2) is 13.6. The molecule has 0 unspecified atom stereocenters. The first kappa shape index (κ1) is 25.5. The Kier molecular flexibility index (Phi) is 9.88. The fourth-order valence-corrected chi connectivity index (χ4v) is 3.20. The van der Waals surface area contributed by atoms with Crippen LogP contribution in [0.1, 0.15) is 35.1 Å². The van der Waals surface area contributed by atoms with Crippen molar-refractivity contribution in [1.82, 2.24) is 0 Å². The first-order chi connectivity index (χ1) is 17.1. The molecule has 35 heavy (non-hydrogen) atoms. The fourth-order valence-electron chi connectivity index (χ4n) is 3.20. The number of nitrogens with zero attached hydrogens (tertiary/aromatic N) is 1. The average Bonchev–Trinajstić information content (AvgIpc) is 2.89. The molecule has 3 aromatic carbocycles. The van der Waals surface area contributed by atoms with Gasteiger partial charge in [0.1, 0.15) is 18.1 Å². The van der Waals surface area contributed by atoms with Gasteiger partial charge in [-0.25, -0.2) is 4.79 Å². The lowest BCUT2D eigenvalue weighted by Gasteiger charge is -2.08. The van der Waals surface area contributed by atoms with Crippen LogP contribution in [0.4, 0.5) is 5.69 Å². The summed E-state index contributed by atoms with van der Waals surface area (Å²) in [6.45, 7) is 10.6. The number of rotatable bonds is 13. The van der Waals surface area contributed by atoms with Gasteiger partial charge in [0.25, 0.3) is 0 Å². The molecule has 0 amide bonds. The van der Waals surface area contributed by atoms with E-state index in [-0.39, 0.29) is 0 Å². The van der Waals surface area contributed by atoms with Crippen LogP contribution in [-0.4, -0.2) is 25.4 Å². The number of carbonyl (C=O) groups is 1. The van der Waals surface area contributed by atoms with Crippen molar-refractivity contribution in [2.24, 2.45) is 4.99 Å². The van der Waals surface area contributed by atoms with Crippen molar-refractivity contribution in [3.63, 3.8) is 0 Å². The number of hydrogen-bond donors (Lipinski definition) is 0. The number of hydrogen-bond acceptors (Lipinski definition) is 5. The molecule has 0 fully saturated rings. The van der Waals surface area contributed by atoms with Crippen molar-refractivity contribution in [2.75, 3.05) is 13.2 Å². The maximum Gasteiger partial charge on any atom is 0.330 e. The first-order valence-corrected chi connectivity index (χ1v) is 11.6. The summed E-state index contributed by atoms with van der Waals surface area (Å²) in [4.78, 5) is 15.6. The highest BCUT2D eigenvalue weighted by Gasteiger charge is 2.02. The van der Waals surface area contributed by atoms with Gasteiger partial charge >= 0.3 is 5.97 Å². The van der Waals surface area contributed by atoms with Gasteiger partial charge < -0.3 is 14.2 Å². The first-order valence-electron chi connectivity index (χ1n) is 11.6. The van der Waals surface area contributed by atoms with E-state index in [9.17, 15) is 4.79 Å². The number of esters is 1. The standard InChI is InChI=1S/C30H31NO4/c1-4-24-8-10-26(11-9-24)22-35-27-14-12-25(13-15-27)21-31-29-17-16-28(20-23(29)3)33-18-6-7-19-34-30(32)5-2/h4-5,8-17,20-21H,1-2,6-7,18-19,22H2,3H3. The summed E-state index contributed by atoms with van der Waals surface area (Å²) in [6, 6.07) is 21.8. The highest BCUT2D eigenvalue weighted by Crippen LogP contribution is 2.24. The summed E-state index contributed by atoms with van der Waals surface area (Å²) >= 11 is 0. The summed E-state index contributed by atoms with van der Waals surface area (Å²) in [6.07, 6.45) is 6.37. The van der Waals surface area contributed by atoms with Crippen molar-refractivity contribution >= 4 is 23.9 Å². The third-order valence-electron chi connectivity index (χ3n) is 5.24. The maximum atomic E-state index is 11.0. The van der Waals surface area contributed by atoms with Crippen LogP contribution in [0.3, 0.4) is 0 Å². The Balaban J connectivity index is 1.45. The third-order valence-corrected chi connectivity index (χ3v) is 5.24. The van der Waals surface area contributed by atoms with E-state index in [2.05, 4.69) is 18.2 Å². The highest BCUT2D eigenvalue weighted by molar-refractivity contribution is 5.82. The van der Waals surface area contributed by atoms with E-state index in [0.717, 1.165) is 52.3 Å². The molecule has 0 radical (unpaired) electrons. The Morgan fingerprint density at radius 2 is 1.54 bits per heavy atom. The zero-order valence-electron chi connectivity index (χ0n) is 20.1. The van der Waals surface area contributed by atoms with Crippen molar-refractivity contribution in [3.8, 4) is 11.5 Å². The molecule has 5 nitrogen and oxygen atoms in total. The van der Waals surface area contributed by atoms with Crippen molar-refractivity contribution in [3.05, 3.63) is 108 Å². The van der Waals surface area contributed by atoms with Gasteiger partial charge in [0, 0.05) is 12.3 Å². The summed E-state index contributed by atoms with van der Waals surface area (Å²) in [5.41, 5.74) is 5.11.